The monoisotopic (exact) mass is 291 g/mol. The van der Waals surface area contributed by atoms with Crippen molar-refractivity contribution >= 4 is 10.0 Å². The van der Waals surface area contributed by atoms with E-state index in [0.717, 1.165) is 5.56 Å². The lowest BCUT2D eigenvalue weighted by atomic mass is 10.2. The third-order valence-electron chi connectivity index (χ3n) is 2.87. The summed E-state index contributed by atoms with van der Waals surface area (Å²) in [7, 11) is -2.04. The first kappa shape index (κ1) is 16.0. The Bertz CT molecular complexity index is 486. The molecule has 1 rings (SSSR count). The van der Waals surface area contributed by atoms with Crippen molar-refractivity contribution in [3.05, 3.63) is 29.8 Å². The van der Waals surface area contributed by atoms with E-state index in [2.05, 4.69) is 0 Å². The van der Waals surface area contributed by atoms with Gasteiger partial charge in [-0.25, -0.2) is 21.5 Å². The van der Waals surface area contributed by atoms with Crippen molar-refractivity contribution in [2.24, 2.45) is 0 Å². The Kier molecular flexibility index (Phi) is 5.87. The minimum atomic E-state index is -3.51. The minimum absolute atomic E-state index is 0.182. The number of nitrogens with zero attached hydrogens (tertiary/aromatic N) is 1. The van der Waals surface area contributed by atoms with Crippen molar-refractivity contribution in [3.63, 3.8) is 0 Å². The molecule has 3 nitrogen and oxygen atoms in total. The lowest BCUT2D eigenvalue weighted by Gasteiger charge is -2.17. The predicted octanol–water partition coefficient (Wildman–Crippen LogP) is 3.05. The summed E-state index contributed by atoms with van der Waals surface area (Å²) in [5.41, 5.74) is 0.985. The van der Waals surface area contributed by atoms with Crippen LogP contribution >= 0.6 is 0 Å². The molecule has 0 aromatic heterocycles. The molecule has 1 aromatic rings. The summed E-state index contributed by atoms with van der Waals surface area (Å²) in [6, 6.07) is 6.58. The van der Waals surface area contributed by atoms with Gasteiger partial charge in [0.15, 0.2) is 0 Å². The van der Waals surface area contributed by atoms with Crippen LogP contribution in [0.2, 0.25) is 0 Å². The molecule has 0 aliphatic rings. The van der Waals surface area contributed by atoms with Crippen LogP contribution in [0.1, 0.15) is 24.8 Å². The second-order valence-corrected chi connectivity index (χ2v) is 6.57. The van der Waals surface area contributed by atoms with Crippen LogP contribution in [0.25, 0.3) is 0 Å². The Hall–Kier alpha value is -1.01. The number of rotatable bonds is 7. The molecule has 0 aliphatic carbocycles. The lowest BCUT2D eigenvalue weighted by molar-refractivity contribution is 0.133. The number of hydrogen-bond donors (Lipinski definition) is 0. The largest absolute Gasteiger partial charge is 0.242 e. The molecule has 0 atom stereocenters. The molecule has 0 heterocycles. The highest BCUT2D eigenvalue weighted by Crippen LogP contribution is 2.16. The number of unbranched alkanes of at least 4 members (excludes halogenated alkanes) is 1. The van der Waals surface area contributed by atoms with E-state index in [-0.39, 0.29) is 17.9 Å². The van der Waals surface area contributed by atoms with Crippen LogP contribution in [0.5, 0.6) is 0 Å². The summed E-state index contributed by atoms with van der Waals surface area (Å²) in [5.74, 6) is 0. The van der Waals surface area contributed by atoms with E-state index < -0.39 is 16.4 Å². The molecule has 1 aromatic carbocycles. The number of sulfonamides is 1. The molecule has 0 aliphatic heterocycles. The van der Waals surface area contributed by atoms with Gasteiger partial charge in [0.2, 0.25) is 16.4 Å². The topological polar surface area (TPSA) is 37.4 Å². The molecule has 0 radical (unpaired) electrons. The highest BCUT2D eigenvalue weighted by Gasteiger charge is 2.19. The van der Waals surface area contributed by atoms with Crippen LogP contribution in [-0.2, 0) is 10.0 Å². The summed E-state index contributed by atoms with van der Waals surface area (Å²) >= 11 is 0. The highest BCUT2D eigenvalue weighted by atomic mass is 32.2. The number of benzene rings is 1. The van der Waals surface area contributed by atoms with Crippen molar-refractivity contribution in [2.75, 3.05) is 13.6 Å². The van der Waals surface area contributed by atoms with Gasteiger partial charge in [-0.1, -0.05) is 17.7 Å². The lowest BCUT2D eigenvalue weighted by Crippen LogP contribution is -2.28. The SMILES string of the molecule is Cc1ccc(S(=O)(=O)N(C)CCCCC(F)F)cc1. The van der Waals surface area contributed by atoms with E-state index in [4.69, 9.17) is 0 Å². The summed E-state index contributed by atoms with van der Waals surface area (Å²) in [5, 5.41) is 0. The molecule has 0 amide bonds. The molecule has 19 heavy (non-hydrogen) atoms. The summed E-state index contributed by atoms with van der Waals surface area (Å²) < 4.78 is 49.4. The average molecular weight is 291 g/mol. The summed E-state index contributed by atoms with van der Waals surface area (Å²) in [6.07, 6.45) is -1.74. The Morgan fingerprint density at radius 2 is 1.74 bits per heavy atom. The van der Waals surface area contributed by atoms with Crippen LogP contribution in [0.4, 0.5) is 8.78 Å². The molecule has 0 saturated carbocycles. The maximum absolute atomic E-state index is 12.1. The van der Waals surface area contributed by atoms with E-state index in [1.807, 2.05) is 6.92 Å². The van der Waals surface area contributed by atoms with Gasteiger partial charge in [-0.3, -0.25) is 0 Å². The molecule has 108 valence electrons. The van der Waals surface area contributed by atoms with Crippen LogP contribution in [0, 0.1) is 6.92 Å². The zero-order valence-corrected chi connectivity index (χ0v) is 12.0. The highest BCUT2D eigenvalue weighted by molar-refractivity contribution is 7.89. The van der Waals surface area contributed by atoms with Crippen LogP contribution in [-0.4, -0.2) is 32.7 Å². The normalized spacial score (nSPS) is 12.3. The van der Waals surface area contributed by atoms with Gasteiger partial charge in [-0.15, -0.1) is 0 Å². The molecule has 0 unspecified atom stereocenters. The second-order valence-electron chi connectivity index (χ2n) is 4.53. The number of halogens is 2. The maximum atomic E-state index is 12.1. The van der Waals surface area contributed by atoms with Crippen LogP contribution in [0.3, 0.4) is 0 Å². The number of alkyl halides is 2. The fraction of sp³-hybridized carbons (Fsp3) is 0.538. The molecule has 6 heteroatoms. The first-order chi connectivity index (χ1) is 8.84. The fourth-order valence-corrected chi connectivity index (χ4v) is 2.85. The van der Waals surface area contributed by atoms with Crippen molar-refractivity contribution < 1.29 is 17.2 Å². The van der Waals surface area contributed by atoms with Gasteiger partial charge in [0.05, 0.1) is 4.90 Å². The van der Waals surface area contributed by atoms with E-state index in [9.17, 15) is 17.2 Å². The zero-order valence-electron chi connectivity index (χ0n) is 11.1. The minimum Gasteiger partial charge on any atom is -0.211 e. The van der Waals surface area contributed by atoms with Crippen molar-refractivity contribution in [2.45, 2.75) is 37.5 Å². The van der Waals surface area contributed by atoms with Crippen molar-refractivity contribution in [3.8, 4) is 0 Å². The molecular weight excluding hydrogens is 272 g/mol. The third-order valence-corrected chi connectivity index (χ3v) is 4.75. The fourth-order valence-electron chi connectivity index (χ4n) is 1.64. The molecular formula is C13H19F2NO2S. The van der Waals surface area contributed by atoms with Gasteiger partial charge in [0.1, 0.15) is 0 Å². The molecule has 0 N–H and O–H groups in total. The molecule has 0 spiro atoms. The number of hydrogen-bond acceptors (Lipinski definition) is 2. The van der Waals surface area contributed by atoms with Crippen LogP contribution < -0.4 is 0 Å². The first-order valence-electron chi connectivity index (χ1n) is 6.15. The van der Waals surface area contributed by atoms with Gasteiger partial charge in [-0.05, 0) is 31.9 Å². The average Bonchev–Trinajstić information content (AvgIpc) is 2.34. The van der Waals surface area contributed by atoms with Crippen molar-refractivity contribution in [1.29, 1.82) is 0 Å². The van der Waals surface area contributed by atoms with E-state index in [1.54, 1.807) is 24.3 Å². The molecule has 0 fully saturated rings. The quantitative estimate of drug-likeness (QED) is 0.724. The van der Waals surface area contributed by atoms with Gasteiger partial charge < -0.3 is 0 Å². The summed E-state index contributed by atoms with van der Waals surface area (Å²) in [4.78, 5) is 0.231. The Morgan fingerprint density at radius 3 is 2.26 bits per heavy atom. The van der Waals surface area contributed by atoms with Gasteiger partial charge in [-0.2, -0.15) is 0 Å². The van der Waals surface area contributed by atoms with Gasteiger partial charge in [0.25, 0.3) is 0 Å². The first-order valence-corrected chi connectivity index (χ1v) is 7.59. The van der Waals surface area contributed by atoms with Crippen LogP contribution in [0.15, 0.2) is 29.2 Å². The number of aryl methyl sites for hydroxylation is 1. The maximum Gasteiger partial charge on any atom is 0.242 e. The third kappa shape index (κ3) is 4.87. The van der Waals surface area contributed by atoms with Crippen molar-refractivity contribution in [1.82, 2.24) is 4.31 Å². The standard InChI is InChI=1S/C13H19F2NO2S/c1-11-6-8-12(9-7-11)19(17,18)16(2)10-4-3-5-13(14)15/h6-9,13H,3-5,10H2,1-2H3. The Labute approximate surface area is 113 Å². The smallest absolute Gasteiger partial charge is 0.211 e. The van der Waals surface area contributed by atoms with E-state index >= 15 is 0 Å². The van der Waals surface area contributed by atoms with Gasteiger partial charge in [0, 0.05) is 20.0 Å². The summed E-state index contributed by atoms with van der Waals surface area (Å²) in [6.45, 7) is 2.13. The Morgan fingerprint density at radius 1 is 1.16 bits per heavy atom. The van der Waals surface area contributed by atoms with E-state index in [0.29, 0.717) is 12.8 Å². The van der Waals surface area contributed by atoms with E-state index in [1.165, 1.54) is 11.4 Å². The molecule has 0 bridgehead atoms. The zero-order chi connectivity index (χ0) is 14.5. The van der Waals surface area contributed by atoms with Gasteiger partial charge >= 0.3 is 0 Å². The second kappa shape index (κ2) is 6.96. The Balaban J connectivity index is 2.59. The molecule has 0 saturated heterocycles. The predicted molar refractivity (Wildman–Crippen MR) is 70.8 cm³/mol.